The molecule has 0 aliphatic heterocycles. The zero-order valence-corrected chi connectivity index (χ0v) is 8.29. The molecule has 0 saturated heterocycles. The topological polar surface area (TPSA) is 9.23 Å². The first-order chi connectivity index (χ1) is 6.26. The molecule has 0 fully saturated rings. The number of methoxy groups -OCH3 is 1. The van der Waals surface area contributed by atoms with Crippen LogP contribution in [0.4, 0.5) is 0 Å². The van der Waals surface area contributed by atoms with Crippen LogP contribution in [0.5, 0.6) is 5.75 Å². The lowest BCUT2D eigenvalue weighted by molar-refractivity contribution is 0.414. The first-order valence-corrected chi connectivity index (χ1v) is 4.51. The van der Waals surface area contributed by atoms with E-state index in [1.54, 1.807) is 7.11 Å². The molecule has 1 aromatic rings. The maximum Gasteiger partial charge on any atom is 0.118 e. The van der Waals surface area contributed by atoms with Crippen LogP contribution >= 0.6 is 0 Å². The van der Waals surface area contributed by atoms with Gasteiger partial charge in [0, 0.05) is 0 Å². The number of rotatable bonds is 4. The van der Waals surface area contributed by atoms with Crippen LogP contribution in [0.15, 0.2) is 36.9 Å². The molecule has 13 heavy (non-hydrogen) atoms. The molecule has 0 radical (unpaired) electrons. The number of hydrogen-bond acceptors (Lipinski definition) is 1. The fraction of sp³-hybridized carbons (Fsp3) is 0.333. The molecule has 70 valence electrons. The van der Waals surface area contributed by atoms with Gasteiger partial charge in [-0.15, -0.1) is 6.58 Å². The summed E-state index contributed by atoms with van der Waals surface area (Å²) in [4.78, 5) is 0. The SMILES string of the molecule is C=C[C@@H](C)Cc1ccc(OC)cc1. The second kappa shape index (κ2) is 4.70. The predicted octanol–water partition coefficient (Wildman–Crippen LogP) is 3.06. The molecular formula is C12H16O. The van der Waals surface area contributed by atoms with Crippen molar-refractivity contribution in [2.24, 2.45) is 5.92 Å². The van der Waals surface area contributed by atoms with Gasteiger partial charge in [0.1, 0.15) is 5.75 Å². The molecule has 1 rings (SSSR count). The van der Waals surface area contributed by atoms with Gasteiger partial charge in [-0.1, -0.05) is 25.1 Å². The van der Waals surface area contributed by atoms with E-state index in [0.29, 0.717) is 5.92 Å². The van der Waals surface area contributed by atoms with E-state index in [-0.39, 0.29) is 0 Å². The fourth-order valence-corrected chi connectivity index (χ4v) is 1.22. The maximum absolute atomic E-state index is 5.08. The Morgan fingerprint density at radius 3 is 2.46 bits per heavy atom. The summed E-state index contributed by atoms with van der Waals surface area (Å²) in [7, 11) is 1.68. The van der Waals surface area contributed by atoms with Crippen LogP contribution in [0.1, 0.15) is 12.5 Å². The van der Waals surface area contributed by atoms with Crippen molar-refractivity contribution in [3.8, 4) is 5.75 Å². The second-order valence-electron chi connectivity index (χ2n) is 3.27. The van der Waals surface area contributed by atoms with Crippen LogP contribution < -0.4 is 4.74 Å². The van der Waals surface area contributed by atoms with E-state index in [1.165, 1.54) is 5.56 Å². The highest BCUT2D eigenvalue weighted by atomic mass is 16.5. The third kappa shape index (κ3) is 2.94. The van der Waals surface area contributed by atoms with Crippen molar-refractivity contribution in [3.63, 3.8) is 0 Å². The Balaban J connectivity index is 2.63. The Morgan fingerprint density at radius 1 is 1.38 bits per heavy atom. The molecule has 0 aromatic heterocycles. The molecular weight excluding hydrogens is 160 g/mol. The van der Waals surface area contributed by atoms with Crippen LogP contribution in [0, 0.1) is 5.92 Å². The van der Waals surface area contributed by atoms with Crippen LogP contribution in [-0.2, 0) is 6.42 Å². The minimum atomic E-state index is 0.536. The molecule has 1 atom stereocenters. The molecule has 0 heterocycles. The summed E-state index contributed by atoms with van der Waals surface area (Å²) in [6, 6.07) is 8.17. The largest absolute Gasteiger partial charge is 0.497 e. The third-order valence-corrected chi connectivity index (χ3v) is 2.12. The lowest BCUT2D eigenvalue weighted by Gasteiger charge is -2.06. The van der Waals surface area contributed by atoms with E-state index in [9.17, 15) is 0 Å². The van der Waals surface area contributed by atoms with Gasteiger partial charge in [0.2, 0.25) is 0 Å². The summed E-state index contributed by atoms with van der Waals surface area (Å²) in [6.07, 6.45) is 3.03. The van der Waals surface area contributed by atoms with Crippen molar-refractivity contribution in [1.82, 2.24) is 0 Å². The molecule has 0 saturated carbocycles. The lowest BCUT2D eigenvalue weighted by Crippen LogP contribution is -1.95. The van der Waals surface area contributed by atoms with Gasteiger partial charge in [0.05, 0.1) is 7.11 Å². The van der Waals surface area contributed by atoms with Gasteiger partial charge >= 0.3 is 0 Å². The maximum atomic E-state index is 5.08. The van der Waals surface area contributed by atoms with Gasteiger partial charge in [0.25, 0.3) is 0 Å². The average molecular weight is 176 g/mol. The Labute approximate surface area is 80.0 Å². The van der Waals surface area contributed by atoms with Crippen molar-refractivity contribution < 1.29 is 4.74 Å². The van der Waals surface area contributed by atoms with Crippen molar-refractivity contribution in [2.75, 3.05) is 7.11 Å². The average Bonchev–Trinajstić information content (AvgIpc) is 2.19. The summed E-state index contributed by atoms with van der Waals surface area (Å²) >= 11 is 0. The van der Waals surface area contributed by atoms with Gasteiger partial charge in [-0.05, 0) is 30.0 Å². The first kappa shape index (κ1) is 9.85. The highest BCUT2D eigenvalue weighted by molar-refractivity contribution is 5.27. The fourth-order valence-electron chi connectivity index (χ4n) is 1.22. The Morgan fingerprint density at radius 2 is 2.00 bits per heavy atom. The molecule has 1 nitrogen and oxygen atoms in total. The number of ether oxygens (including phenoxy) is 1. The standard InChI is InChI=1S/C12H16O/c1-4-10(2)9-11-5-7-12(13-3)8-6-11/h4-8,10H,1,9H2,2-3H3/t10-/m1/s1. The van der Waals surface area contributed by atoms with Crippen LogP contribution in [0.3, 0.4) is 0 Å². The van der Waals surface area contributed by atoms with Crippen molar-refractivity contribution in [1.29, 1.82) is 0 Å². The summed E-state index contributed by atoms with van der Waals surface area (Å²) in [5, 5.41) is 0. The molecule has 0 unspecified atom stereocenters. The van der Waals surface area contributed by atoms with Crippen LogP contribution in [-0.4, -0.2) is 7.11 Å². The molecule has 0 N–H and O–H groups in total. The number of allylic oxidation sites excluding steroid dienone is 1. The van der Waals surface area contributed by atoms with Crippen molar-refractivity contribution in [3.05, 3.63) is 42.5 Å². The first-order valence-electron chi connectivity index (χ1n) is 4.51. The smallest absolute Gasteiger partial charge is 0.118 e. The van der Waals surface area contributed by atoms with Gasteiger partial charge in [-0.25, -0.2) is 0 Å². The molecule has 0 bridgehead atoms. The zero-order chi connectivity index (χ0) is 9.68. The lowest BCUT2D eigenvalue weighted by atomic mass is 10.0. The summed E-state index contributed by atoms with van der Waals surface area (Å²) in [5.74, 6) is 1.45. The Kier molecular flexibility index (Phi) is 3.56. The number of benzene rings is 1. The number of hydrogen-bond donors (Lipinski definition) is 0. The Bertz CT molecular complexity index is 261. The van der Waals surface area contributed by atoms with Crippen LogP contribution in [0.2, 0.25) is 0 Å². The molecule has 1 aromatic carbocycles. The quantitative estimate of drug-likeness (QED) is 0.641. The molecule has 1 heteroatoms. The summed E-state index contributed by atoms with van der Waals surface area (Å²) in [6.45, 7) is 5.93. The minimum absolute atomic E-state index is 0.536. The van der Waals surface area contributed by atoms with E-state index in [0.717, 1.165) is 12.2 Å². The summed E-state index contributed by atoms with van der Waals surface area (Å²) in [5.41, 5.74) is 1.33. The van der Waals surface area contributed by atoms with Gasteiger partial charge in [-0.2, -0.15) is 0 Å². The van der Waals surface area contributed by atoms with Crippen LogP contribution in [0.25, 0.3) is 0 Å². The van der Waals surface area contributed by atoms with Crippen molar-refractivity contribution in [2.45, 2.75) is 13.3 Å². The van der Waals surface area contributed by atoms with Crippen molar-refractivity contribution >= 4 is 0 Å². The van der Waals surface area contributed by atoms with E-state index < -0.39 is 0 Å². The minimum Gasteiger partial charge on any atom is -0.497 e. The molecule has 0 amide bonds. The normalized spacial score (nSPS) is 12.2. The van der Waals surface area contributed by atoms with E-state index in [4.69, 9.17) is 4.74 Å². The molecule has 0 aliphatic rings. The zero-order valence-electron chi connectivity index (χ0n) is 8.29. The van der Waals surface area contributed by atoms with Gasteiger partial charge in [-0.3, -0.25) is 0 Å². The molecule has 0 spiro atoms. The predicted molar refractivity (Wildman–Crippen MR) is 56.1 cm³/mol. The van der Waals surface area contributed by atoms with E-state index in [2.05, 4.69) is 25.6 Å². The Hall–Kier alpha value is -1.24. The molecule has 0 aliphatic carbocycles. The third-order valence-electron chi connectivity index (χ3n) is 2.12. The summed E-state index contributed by atoms with van der Waals surface area (Å²) < 4.78 is 5.08. The second-order valence-corrected chi connectivity index (χ2v) is 3.27. The van der Waals surface area contributed by atoms with Gasteiger partial charge < -0.3 is 4.74 Å². The van der Waals surface area contributed by atoms with Gasteiger partial charge in [0.15, 0.2) is 0 Å². The highest BCUT2D eigenvalue weighted by Gasteiger charge is 1.98. The monoisotopic (exact) mass is 176 g/mol. The van der Waals surface area contributed by atoms with E-state index >= 15 is 0 Å². The van der Waals surface area contributed by atoms with E-state index in [1.807, 2.05) is 18.2 Å². The highest BCUT2D eigenvalue weighted by Crippen LogP contribution is 2.14.